The second-order valence-corrected chi connectivity index (χ2v) is 6.26. The van der Waals surface area contributed by atoms with Crippen molar-refractivity contribution < 1.29 is 9.90 Å². The molecule has 0 radical (unpaired) electrons. The molecule has 3 rings (SSSR count). The van der Waals surface area contributed by atoms with E-state index in [9.17, 15) is 9.90 Å². The Morgan fingerprint density at radius 2 is 2.13 bits per heavy atom. The van der Waals surface area contributed by atoms with Gasteiger partial charge in [0.2, 0.25) is 0 Å². The average molecular weight is 313 g/mol. The fourth-order valence-corrected chi connectivity index (χ4v) is 3.38. The van der Waals surface area contributed by atoms with Crippen LogP contribution in [0.25, 0.3) is 0 Å². The Hall–Kier alpha value is -2.14. The summed E-state index contributed by atoms with van der Waals surface area (Å²) in [5, 5.41) is 14.7. The molecule has 23 heavy (non-hydrogen) atoms. The van der Waals surface area contributed by atoms with Crippen molar-refractivity contribution in [1.29, 1.82) is 0 Å². The van der Waals surface area contributed by atoms with E-state index in [2.05, 4.69) is 5.10 Å². The zero-order valence-corrected chi connectivity index (χ0v) is 13.6. The van der Waals surface area contributed by atoms with Gasteiger partial charge in [0.25, 0.3) is 5.91 Å². The molecule has 1 aromatic heterocycles. The van der Waals surface area contributed by atoms with E-state index >= 15 is 0 Å². The van der Waals surface area contributed by atoms with Crippen molar-refractivity contribution in [2.24, 2.45) is 7.05 Å². The van der Waals surface area contributed by atoms with Crippen LogP contribution in [0.5, 0.6) is 0 Å². The molecule has 1 aliphatic heterocycles. The number of nitrogens with zero attached hydrogens (tertiary/aromatic N) is 3. The Labute approximate surface area is 136 Å². The second kappa shape index (κ2) is 6.54. The fourth-order valence-electron chi connectivity index (χ4n) is 3.38. The Kier molecular flexibility index (Phi) is 4.48. The maximum atomic E-state index is 12.8. The summed E-state index contributed by atoms with van der Waals surface area (Å²) >= 11 is 0. The third-order valence-corrected chi connectivity index (χ3v) is 4.56. The van der Waals surface area contributed by atoms with E-state index in [0.29, 0.717) is 12.0 Å². The largest absolute Gasteiger partial charge is 0.388 e. The number of aryl methyl sites for hydroxylation is 2. The highest BCUT2D eigenvalue weighted by molar-refractivity contribution is 5.95. The van der Waals surface area contributed by atoms with E-state index in [0.717, 1.165) is 30.6 Å². The van der Waals surface area contributed by atoms with E-state index in [-0.39, 0.29) is 11.9 Å². The summed E-state index contributed by atoms with van der Waals surface area (Å²) in [6.45, 7) is 2.61. The van der Waals surface area contributed by atoms with E-state index in [1.807, 2.05) is 49.2 Å². The lowest BCUT2D eigenvalue weighted by Crippen LogP contribution is -2.36. The Morgan fingerprint density at radius 1 is 1.39 bits per heavy atom. The molecule has 0 bridgehead atoms. The van der Waals surface area contributed by atoms with Crippen LogP contribution in [0, 0.1) is 6.92 Å². The summed E-state index contributed by atoms with van der Waals surface area (Å²) in [7, 11) is 1.82. The zero-order chi connectivity index (χ0) is 16.4. The van der Waals surface area contributed by atoms with Gasteiger partial charge in [-0.25, -0.2) is 0 Å². The minimum Gasteiger partial charge on any atom is -0.388 e. The van der Waals surface area contributed by atoms with Crippen molar-refractivity contribution in [3.8, 4) is 0 Å². The number of hydrogen-bond donors (Lipinski definition) is 1. The minimum absolute atomic E-state index is 0.0263. The molecular formula is C18H23N3O2. The Bertz CT molecular complexity index is 681. The third kappa shape index (κ3) is 3.29. The van der Waals surface area contributed by atoms with Gasteiger partial charge in [0.15, 0.2) is 0 Å². The summed E-state index contributed by atoms with van der Waals surface area (Å²) in [6.07, 6.45) is 3.74. The summed E-state index contributed by atoms with van der Waals surface area (Å²) in [6, 6.07) is 9.72. The number of aliphatic hydroxyl groups is 1. The lowest BCUT2D eigenvalue weighted by molar-refractivity contribution is 0.0666. The number of benzene rings is 1. The molecule has 1 aliphatic rings. The number of hydrogen-bond acceptors (Lipinski definition) is 3. The van der Waals surface area contributed by atoms with Gasteiger partial charge >= 0.3 is 0 Å². The van der Waals surface area contributed by atoms with Gasteiger partial charge < -0.3 is 10.0 Å². The molecule has 2 unspecified atom stereocenters. The molecule has 1 fully saturated rings. The van der Waals surface area contributed by atoms with E-state index in [4.69, 9.17) is 0 Å². The highest BCUT2D eigenvalue weighted by Crippen LogP contribution is 2.28. The lowest BCUT2D eigenvalue weighted by Gasteiger charge is -2.26. The number of carbonyl (C=O) groups excluding carboxylic acids is 1. The smallest absolute Gasteiger partial charge is 0.257 e. The van der Waals surface area contributed by atoms with Crippen molar-refractivity contribution in [3.05, 3.63) is 53.3 Å². The van der Waals surface area contributed by atoms with Gasteiger partial charge in [-0.05, 0) is 31.7 Å². The Morgan fingerprint density at radius 3 is 2.78 bits per heavy atom. The van der Waals surface area contributed by atoms with Crippen LogP contribution in [0.2, 0.25) is 0 Å². The van der Waals surface area contributed by atoms with Gasteiger partial charge in [-0.15, -0.1) is 0 Å². The molecule has 122 valence electrons. The predicted molar refractivity (Wildman–Crippen MR) is 88.0 cm³/mol. The Balaban J connectivity index is 1.73. The first-order valence-corrected chi connectivity index (χ1v) is 8.10. The van der Waals surface area contributed by atoms with Crippen LogP contribution < -0.4 is 0 Å². The van der Waals surface area contributed by atoms with Crippen LogP contribution >= 0.6 is 0 Å². The maximum absolute atomic E-state index is 12.8. The molecule has 5 heteroatoms. The highest BCUT2D eigenvalue weighted by atomic mass is 16.3. The second-order valence-electron chi connectivity index (χ2n) is 6.26. The molecule has 0 spiro atoms. The van der Waals surface area contributed by atoms with E-state index < -0.39 is 6.10 Å². The lowest BCUT2D eigenvalue weighted by atomic mass is 10.0. The summed E-state index contributed by atoms with van der Waals surface area (Å²) in [5.74, 6) is 0.0263. The van der Waals surface area contributed by atoms with Gasteiger partial charge in [-0.1, -0.05) is 30.3 Å². The standard InChI is InChI=1S/C18H23N3O2/c1-13-16(12-20(2)19-13)18(23)21-10-6-9-15(21)11-17(22)14-7-4-3-5-8-14/h3-5,7-8,12,15,17,22H,6,9-11H2,1-2H3. The van der Waals surface area contributed by atoms with Gasteiger partial charge in [0, 0.05) is 25.8 Å². The molecule has 2 atom stereocenters. The van der Waals surface area contributed by atoms with Crippen molar-refractivity contribution >= 4 is 5.91 Å². The first-order chi connectivity index (χ1) is 11.1. The molecule has 2 heterocycles. The topological polar surface area (TPSA) is 58.4 Å². The van der Waals surface area contributed by atoms with E-state index in [1.54, 1.807) is 10.9 Å². The van der Waals surface area contributed by atoms with Crippen LogP contribution in [-0.4, -0.2) is 38.3 Å². The van der Waals surface area contributed by atoms with Crippen molar-refractivity contribution in [3.63, 3.8) is 0 Å². The molecule has 5 nitrogen and oxygen atoms in total. The first kappa shape index (κ1) is 15.7. The molecule has 0 saturated carbocycles. The quantitative estimate of drug-likeness (QED) is 0.943. The predicted octanol–water partition coefficient (Wildman–Crippen LogP) is 2.46. The minimum atomic E-state index is -0.537. The summed E-state index contributed by atoms with van der Waals surface area (Å²) < 4.78 is 1.67. The molecule has 0 aliphatic carbocycles. The first-order valence-electron chi connectivity index (χ1n) is 8.10. The van der Waals surface area contributed by atoms with Crippen LogP contribution in [-0.2, 0) is 7.05 Å². The number of rotatable bonds is 4. The SMILES string of the molecule is Cc1nn(C)cc1C(=O)N1CCCC1CC(O)c1ccccc1. The number of aromatic nitrogens is 2. The number of carbonyl (C=O) groups is 1. The zero-order valence-electron chi connectivity index (χ0n) is 13.6. The fraction of sp³-hybridized carbons (Fsp3) is 0.444. The van der Waals surface area contributed by atoms with Crippen molar-refractivity contribution in [1.82, 2.24) is 14.7 Å². The van der Waals surface area contributed by atoms with Crippen LogP contribution in [0.4, 0.5) is 0 Å². The molecular weight excluding hydrogens is 290 g/mol. The van der Waals surface area contributed by atoms with Crippen LogP contribution in [0.3, 0.4) is 0 Å². The maximum Gasteiger partial charge on any atom is 0.257 e. The molecule has 2 aromatic rings. The van der Waals surface area contributed by atoms with Crippen LogP contribution in [0.1, 0.15) is 47.0 Å². The normalized spacial score (nSPS) is 19.1. The summed E-state index contributed by atoms with van der Waals surface area (Å²) in [4.78, 5) is 14.7. The number of likely N-dealkylation sites (tertiary alicyclic amines) is 1. The summed E-state index contributed by atoms with van der Waals surface area (Å²) in [5.41, 5.74) is 2.32. The highest BCUT2D eigenvalue weighted by Gasteiger charge is 2.32. The van der Waals surface area contributed by atoms with Gasteiger partial charge in [-0.2, -0.15) is 5.10 Å². The molecule has 1 amide bonds. The average Bonchev–Trinajstić information content (AvgIpc) is 3.13. The van der Waals surface area contributed by atoms with Gasteiger partial charge in [0.05, 0.1) is 17.4 Å². The monoisotopic (exact) mass is 313 g/mol. The number of amides is 1. The molecule has 1 N–H and O–H groups in total. The van der Waals surface area contributed by atoms with Gasteiger partial charge in [0.1, 0.15) is 0 Å². The number of aliphatic hydroxyl groups excluding tert-OH is 1. The van der Waals surface area contributed by atoms with Crippen LogP contribution in [0.15, 0.2) is 36.5 Å². The van der Waals surface area contributed by atoms with Crippen molar-refractivity contribution in [2.45, 2.75) is 38.3 Å². The van der Waals surface area contributed by atoms with Gasteiger partial charge in [-0.3, -0.25) is 9.48 Å². The third-order valence-electron chi connectivity index (χ3n) is 4.56. The van der Waals surface area contributed by atoms with E-state index in [1.165, 1.54) is 0 Å². The molecule has 1 aromatic carbocycles. The molecule has 1 saturated heterocycles. The van der Waals surface area contributed by atoms with Crippen molar-refractivity contribution in [2.75, 3.05) is 6.54 Å².